The maximum Gasteiger partial charge on any atom is 0.164 e. The van der Waals surface area contributed by atoms with Crippen molar-refractivity contribution in [2.24, 2.45) is 0 Å². The molecule has 2 fully saturated rings. The van der Waals surface area contributed by atoms with Crippen molar-refractivity contribution in [3.63, 3.8) is 0 Å². The van der Waals surface area contributed by atoms with Crippen molar-refractivity contribution in [3.8, 4) is 5.75 Å². The van der Waals surface area contributed by atoms with E-state index in [-0.39, 0.29) is 0 Å². The summed E-state index contributed by atoms with van der Waals surface area (Å²) in [5, 5.41) is 3.31. The summed E-state index contributed by atoms with van der Waals surface area (Å²) < 4.78 is 5.59. The molecule has 0 saturated carbocycles. The highest BCUT2D eigenvalue weighted by molar-refractivity contribution is 5.59. The first kappa shape index (κ1) is 10.0. The van der Waals surface area contributed by atoms with Crippen molar-refractivity contribution in [1.29, 1.82) is 0 Å². The topological polar surface area (TPSA) is 40.3 Å². The lowest BCUT2D eigenvalue weighted by molar-refractivity contribution is 0.388. The Morgan fingerprint density at radius 1 is 1.31 bits per heavy atom. The van der Waals surface area contributed by atoms with Crippen molar-refractivity contribution < 1.29 is 4.74 Å². The number of hydrogen-bond acceptors (Lipinski definition) is 3. The summed E-state index contributed by atoms with van der Waals surface area (Å²) >= 11 is 0. The molecule has 0 aromatic carbocycles. The number of ether oxygens (including phenoxy) is 1. The second-order valence-corrected chi connectivity index (χ2v) is 4.68. The Balaban J connectivity index is 1.89. The van der Waals surface area contributed by atoms with E-state index >= 15 is 0 Å². The van der Waals surface area contributed by atoms with Gasteiger partial charge in [0.05, 0.1) is 7.11 Å². The molecule has 1 aromatic rings. The maximum atomic E-state index is 5.59. The summed E-state index contributed by atoms with van der Waals surface area (Å²) in [7, 11) is 1.78. The van der Waals surface area contributed by atoms with Gasteiger partial charge in [0, 0.05) is 43.9 Å². The molecule has 0 aliphatic carbocycles. The minimum absolute atomic E-state index is 0.627. The molecule has 0 atom stereocenters. The molecular weight excluding hydrogens is 202 g/mol. The average Bonchev–Trinajstić information content (AvgIpc) is 2.81. The number of aromatic nitrogens is 1. The van der Waals surface area contributed by atoms with Gasteiger partial charge >= 0.3 is 0 Å². The van der Waals surface area contributed by atoms with E-state index in [1.165, 1.54) is 24.2 Å². The highest BCUT2D eigenvalue weighted by Gasteiger charge is 2.27. The van der Waals surface area contributed by atoms with E-state index in [0.29, 0.717) is 5.92 Å². The van der Waals surface area contributed by atoms with Crippen LogP contribution in [0.2, 0.25) is 0 Å². The van der Waals surface area contributed by atoms with Crippen LogP contribution in [0.1, 0.15) is 24.3 Å². The maximum absolute atomic E-state index is 5.59. The third-order valence-corrected chi connectivity index (χ3v) is 3.69. The number of H-pyrrole nitrogens is 1. The van der Waals surface area contributed by atoms with Gasteiger partial charge in [0.2, 0.25) is 0 Å². The molecule has 4 nitrogen and oxygen atoms in total. The Kier molecular flexibility index (Phi) is 2.52. The van der Waals surface area contributed by atoms with E-state index < -0.39 is 0 Å². The molecule has 0 unspecified atom stereocenters. The summed E-state index contributed by atoms with van der Waals surface area (Å²) in [6, 6.07) is 0. The van der Waals surface area contributed by atoms with Crippen LogP contribution in [0.15, 0.2) is 6.20 Å². The standard InChI is InChI=1S/C12H19N3O/c1-16-11-10(9-6-13-7-9)8-14-12(11)15-4-2-3-5-15/h8-9,13-14H,2-7H2,1H3. The summed E-state index contributed by atoms with van der Waals surface area (Å²) in [6.07, 6.45) is 4.71. The van der Waals surface area contributed by atoms with Crippen LogP contribution in [0.4, 0.5) is 5.82 Å². The molecule has 2 N–H and O–H groups in total. The van der Waals surface area contributed by atoms with Crippen LogP contribution in [0.5, 0.6) is 5.75 Å². The summed E-state index contributed by atoms with van der Waals surface area (Å²) in [6.45, 7) is 4.46. The van der Waals surface area contributed by atoms with Crippen LogP contribution in [0, 0.1) is 0 Å². The van der Waals surface area contributed by atoms with Gasteiger partial charge in [-0.2, -0.15) is 0 Å². The molecule has 3 rings (SSSR count). The molecule has 2 aliphatic heterocycles. The van der Waals surface area contributed by atoms with Gasteiger partial charge in [-0.05, 0) is 12.8 Å². The Hall–Kier alpha value is -1.16. The third-order valence-electron chi connectivity index (χ3n) is 3.69. The van der Waals surface area contributed by atoms with Gasteiger partial charge in [-0.15, -0.1) is 0 Å². The van der Waals surface area contributed by atoms with Crippen LogP contribution in [0.25, 0.3) is 0 Å². The number of anilines is 1. The molecule has 0 amide bonds. The minimum atomic E-state index is 0.627. The first-order valence-electron chi connectivity index (χ1n) is 6.11. The molecule has 0 spiro atoms. The van der Waals surface area contributed by atoms with Crippen LogP contribution in [0.3, 0.4) is 0 Å². The highest BCUT2D eigenvalue weighted by atomic mass is 16.5. The quantitative estimate of drug-likeness (QED) is 0.808. The Labute approximate surface area is 96.0 Å². The highest BCUT2D eigenvalue weighted by Crippen LogP contribution is 2.38. The number of aromatic amines is 1. The van der Waals surface area contributed by atoms with Crippen molar-refractivity contribution in [3.05, 3.63) is 11.8 Å². The van der Waals surface area contributed by atoms with Gasteiger partial charge < -0.3 is 19.9 Å². The fraction of sp³-hybridized carbons (Fsp3) is 0.667. The second-order valence-electron chi connectivity index (χ2n) is 4.68. The fourth-order valence-electron chi connectivity index (χ4n) is 2.62. The lowest BCUT2D eigenvalue weighted by Gasteiger charge is -2.27. The first-order chi connectivity index (χ1) is 7.90. The molecule has 1 aromatic heterocycles. The number of rotatable bonds is 3. The first-order valence-corrected chi connectivity index (χ1v) is 6.11. The van der Waals surface area contributed by atoms with E-state index in [4.69, 9.17) is 4.74 Å². The van der Waals surface area contributed by atoms with Crippen molar-refractivity contribution >= 4 is 5.82 Å². The zero-order valence-corrected chi connectivity index (χ0v) is 9.75. The Morgan fingerprint density at radius 2 is 2.06 bits per heavy atom. The smallest absolute Gasteiger partial charge is 0.164 e. The van der Waals surface area contributed by atoms with Crippen LogP contribution < -0.4 is 15.0 Å². The monoisotopic (exact) mass is 221 g/mol. The lowest BCUT2D eigenvalue weighted by Crippen LogP contribution is -2.39. The molecule has 16 heavy (non-hydrogen) atoms. The molecular formula is C12H19N3O. The predicted octanol–water partition coefficient (Wildman–Crippen LogP) is 1.31. The largest absolute Gasteiger partial charge is 0.493 e. The molecule has 2 aliphatic rings. The van der Waals surface area contributed by atoms with Crippen molar-refractivity contribution in [2.45, 2.75) is 18.8 Å². The molecule has 3 heterocycles. The van der Waals surface area contributed by atoms with E-state index in [1.807, 2.05) is 0 Å². The van der Waals surface area contributed by atoms with E-state index in [2.05, 4.69) is 21.4 Å². The second kappa shape index (κ2) is 4.01. The number of nitrogens with one attached hydrogen (secondary N) is 2. The molecule has 4 heteroatoms. The minimum Gasteiger partial charge on any atom is -0.493 e. The summed E-state index contributed by atoms with van der Waals surface area (Å²) in [5.41, 5.74) is 1.34. The summed E-state index contributed by atoms with van der Waals surface area (Å²) in [5.74, 6) is 2.87. The van der Waals surface area contributed by atoms with Gasteiger partial charge in [0.15, 0.2) is 5.75 Å². The van der Waals surface area contributed by atoms with Gasteiger partial charge in [-0.1, -0.05) is 0 Å². The SMILES string of the molecule is COc1c(C2CNC2)c[nH]c1N1CCCC1. The van der Waals surface area contributed by atoms with E-state index in [9.17, 15) is 0 Å². The fourth-order valence-corrected chi connectivity index (χ4v) is 2.62. The molecule has 0 radical (unpaired) electrons. The number of methoxy groups -OCH3 is 1. The number of nitrogens with zero attached hydrogens (tertiary/aromatic N) is 1. The van der Waals surface area contributed by atoms with Crippen molar-refractivity contribution in [2.75, 3.05) is 38.2 Å². The van der Waals surface area contributed by atoms with Gasteiger partial charge in [-0.25, -0.2) is 0 Å². The lowest BCUT2D eigenvalue weighted by atomic mass is 9.95. The number of hydrogen-bond donors (Lipinski definition) is 2. The normalized spacial score (nSPS) is 21.2. The van der Waals surface area contributed by atoms with Crippen LogP contribution in [-0.2, 0) is 0 Å². The zero-order valence-electron chi connectivity index (χ0n) is 9.75. The molecule has 0 bridgehead atoms. The molecule has 2 saturated heterocycles. The summed E-state index contributed by atoms with van der Waals surface area (Å²) in [4.78, 5) is 5.79. The van der Waals surface area contributed by atoms with Crippen LogP contribution in [-0.4, -0.2) is 38.3 Å². The van der Waals surface area contributed by atoms with Crippen molar-refractivity contribution in [1.82, 2.24) is 10.3 Å². The Morgan fingerprint density at radius 3 is 2.62 bits per heavy atom. The van der Waals surface area contributed by atoms with Gasteiger partial charge in [-0.3, -0.25) is 0 Å². The van der Waals surface area contributed by atoms with Gasteiger partial charge in [0.25, 0.3) is 0 Å². The van der Waals surface area contributed by atoms with Crippen LogP contribution >= 0.6 is 0 Å². The predicted molar refractivity (Wildman–Crippen MR) is 64.4 cm³/mol. The Bertz CT molecular complexity index is 364. The molecule has 88 valence electrons. The average molecular weight is 221 g/mol. The third kappa shape index (κ3) is 1.48. The zero-order chi connectivity index (χ0) is 11.0. The van der Waals surface area contributed by atoms with E-state index in [0.717, 1.165) is 31.9 Å². The van der Waals surface area contributed by atoms with E-state index in [1.54, 1.807) is 7.11 Å². The van der Waals surface area contributed by atoms with Gasteiger partial charge in [0.1, 0.15) is 5.82 Å².